The largest absolute Gasteiger partial charge is 0.276 e. The summed E-state index contributed by atoms with van der Waals surface area (Å²) in [5.74, 6) is 0. The Balaban J connectivity index is 2.50. The molecule has 0 saturated heterocycles. The second-order valence-electron chi connectivity index (χ2n) is 3.78. The second-order valence-corrected chi connectivity index (χ2v) is 4.53. The predicted octanol–water partition coefficient (Wildman–Crippen LogP) is 3.82. The molecule has 1 heterocycles. The zero-order valence-electron chi connectivity index (χ0n) is 9.02. The topological polar surface area (TPSA) is 42.9 Å². The fraction of sp³-hybridized carbons (Fsp3) is 0. The maximum atomic E-state index is 11.3. The zero-order valence-corrected chi connectivity index (χ0v) is 10.5. The van der Waals surface area contributed by atoms with E-state index in [1.807, 2.05) is 12.1 Å². The van der Waals surface area contributed by atoms with Crippen LogP contribution < -0.4 is 0 Å². The quantitative estimate of drug-likeness (QED) is 0.501. The molecule has 0 aliphatic rings. The second kappa shape index (κ2) is 4.19. The van der Waals surface area contributed by atoms with E-state index in [1.54, 1.807) is 24.3 Å². The number of aromatic nitrogens is 2. The number of hydrogen-bond donors (Lipinski definition) is 0. The molecule has 0 saturated carbocycles. The first-order chi connectivity index (χ1) is 8.66. The zero-order chi connectivity index (χ0) is 12.7. The molecule has 5 heteroatoms. The summed E-state index contributed by atoms with van der Waals surface area (Å²) < 4.78 is 0. The summed E-state index contributed by atoms with van der Waals surface area (Å²) in [5.41, 5.74) is 2.68. The molecule has 0 bridgehead atoms. The molecule has 0 fully saturated rings. The molecule has 0 aliphatic heterocycles. The molecule has 0 amide bonds. The van der Waals surface area contributed by atoms with Gasteiger partial charge in [0.05, 0.1) is 21.6 Å². The highest BCUT2D eigenvalue weighted by Crippen LogP contribution is 2.24. The lowest BCUT2D eigenvalue weighted by Crippen LogP contribution is -1.95. The Labute approximate surface area is 112 Å². The van der Waals surface area contributed by atoms with Crippen LogP contribution in [0.5, 0.6) is 0 Å². The number of halogens is 2. The van der Waals surface area contributed by atoms with Crippen LogP contribution >= 0.6 is 23.2 Å². The normalized spacial score (nSPS) is 11.0. The van der Waals surface area contributed by atoms with E-state index in [0.29, 0.717) is 32.7 Å². The van der Waals surface area contributed by atoms with Crippen molar-refractivity contribution in [2.45, 2.75) is 0 Å². The Morgan fingerprint density at radius 1 is 0.944 bits per heavy atom. The lowest BCUT2D eigenvalue weighted by molar-refractivity contribution is 0.108. The standard InChI is InChI=1S/C13H6Cl2N2O/c14-8-4-2-6-10-12(8)17-11-7(13(15)18)3-1-5-9(11)16-10/h1-6H. The Hall–Kier alpha value is -1.71. The Kier molecular flexibility index (Phi) is 2.65. The van der Waals surface area contributed by atoms with Gasteiger partial charge in [-0.3, -0.25) is 4.79 Å². The van der Waals surface area contributed by atoms with Gasteiger partial charge in [-0.1, -0.05) is 23.7 Å². The van der Waals surface area contributed by atoms with Crippen LogP contribution in [0.15, 0.2) is 36.4 Å². The summed E-state index contributed by atoms with van der Waals surface area (Å²) in [6.45, 7) is 0. The number of hydrogen-bond acceptors (Lipinski definition) is 3. The monoisotopic (exact) mass is 276 g/mol. The first-order valence-electron chi connectivity index (χ1n) is 5.21. The van der Waals surface area contributed by atoms with E-state index < -0.39 is 5.24 Å². The minimum absolute atomic E-state index is 0.337. The van der Waals surface area contributed by atoms with Crippen molar-refractivity contribution in [2.75, 3.05) is 0 Å². The molecule has 0 N–H and O–H groups in total. The molecule has 18 heavy (non-hydrogen) atoms. The smallest absolute Gasteiger partial charge is 0.254 e. The molecule has 3 nitrogen and oxygen atoms in total. The van der Waals surface area contributed by atoms with Crippen LogP contribution in [-0.2, 0) is 0 Å². The third-order valence-corrected chi connectivity index (χ3v) is 3.17. The van der Waals surface area contributed by atoms with Crippen LogP contribution in [0.3, 0.4) is 0 Å². The molecular formula is C13H6Cl2N2O. The molecule has 88 valence electrons. The van der Waals surface area contributed by atoms with Gasteiger partial charge in [0.15, 0.2) is 0 Å². The molecule has 2 aromatic carbocycles. The van der Waals surface area contributed by atoms with E-state index in [9.17, 15) is 4.79 Å². The highest BCUT2D eigenvalue weighted by molar-refractivity contribution is 6.68. The highest BCUT2D eigenvalue weighted by atomic mass is 35.5. The van der Waals surface area contributed by atoms with Gasteiger partial charge in [0.1, 0.15) is 11.0 Å². The molecule has 0 aliphatic carbocycles. The van der Waals surface area contributed by atoms with Crippen LogP contribution in [0.4, 0.5) is 0 Å². The lowest BCUT2D eigenvalue weighted by atomic mass is 10.2. The van der Waals surface area contributed by atoms with Gasteiger partial charge in [-0.2, -0.15) is 0 Å². The maximum Gasteiger partial charge on any atom is 0.254 e. The fourth-order valence-electron chi connectivity index (χ4n) is 1.84. The van der Waals surface area contributed by atoms with Gasteiger partial charge < -0.3 is 0 Å². The number of carbonyl (C=O) groups is 1. The third kappa shape index (κ3) is 1.72. The van der Waals surface area contributed by atoms with E-state index in [0.717, 1.165) is 0 Å². The van der Waals surface area contributed by atoms with Crippen LogP contribution in [0.2, 0.25) is 5.02 Å². The van der Waals surface area contributed by atoms with Gasteiger partial charge in [-0.15, -0.1) is 0 Å². The first-order valence-corrected chi connectivity index (χ1v) is 5.97. The van der Waals surface area contributed by atoms with Crippen LogP contribution in [0.1, 0.15) is 10.4 Å². The van der Waals surface area contributed by atoms with Crippen molar-refractivity contribution < 1.29 is 4.79 Å². The van der Waals surface area contributed by atoms with Crippen molar-refractivity contribution >= 4 is 50.5 Å². The SMILES string of the molecule is O=C(Cl)c1cccc2nc3cccc(Cl)c3nc12. The average molecular weight is 277 g/mol. The van der Waals surface area contributed by atoms with E-state index in [2.05, 4.69) is 9.97 Å². The summed E-state index contributed by atoms with van der Waals surface area (Å²) in [5, 5.41) is -0.0555. The predicted molar refractivity (Wildman–Crippen MR) is 72.2 cm³/mol. The van der Waals surface area contributed by atoms with Gasteiger partial charge in [0.2, 0.25) is 0 Å². The molecule has 3 rings (SSSR count). The molecule has 0 atom stereocenters. The minimum atomic E-state index is -0.554. The molecular weight excluding hydrogens is 271 g/mol. The number of para-hydroxylation sites is 2. The Bertz CT molecular complexity index is 786. The summed E-state index contributed by atoms with van der Waals surface area (Å²) in [7, 11) is 0. The van der Waals surface area contributed by atoms with Gasteiger partial charge in [-0.25, -0.2) is 9.97 Å². The number of nitrogens with zero attached hydrogens (tertiary/aromatic N) is 2. The van der Waals surface area contributed by atoms with Crippen molar-refractivity contribution in [1.29, 1.82) is 0 Å². The molecule has 3 aromatic rings. The highest BCUT2D eigenvalue weighted by Gasteiger charge is 2.11. The molecule has 0 spiro atoms. The van der Waals surface area contributed by atoms with E-state index >= 15 is 0 Å². The summed E-state index contributed by atoms with van der Waals surface area (Å²) in [6, 6.07) is 10.5. The third-order valence-electron chi connectivity index (χ3n) is 2.66. The van der Waals surface area contributed by atoms with Crippen molar-refractivity contribution in [1.82, 2.24) is 9.97 Å². The Morgan fingerprint density at radius 3 is 2.33 bits per heavy atom. The first kappa shape index (κ1) is 11.4. The van der Waals surface area contributed by atoms with Crippen molar-refractivity contribution in [3.63, 3.8) is 0 Å². The summed E-state index contributed by atoms with van der Waals surface area (Å²) in [4.78, 5) is 20.2. The number of rotatable bonds is 1. The van der Waals surface area contributed by atoms with Crippen LogP contribution in [0.25, 0.3) is 22.1 Å². The molecule has 0 unspecified atom stereocenters. The van der Waals surface area contributed by atoms with E-state index in [4.69, 9.17) is 23.2 Å². The van der Waals surface area contributed by atoms with Crippen molar-refractivity contribution in [3.8, 4) is 0 Å². The number of benzene rings is 2. The van der Waals surface area contributed by atoms with Gasteiger partial charge in [-0.05, 0) is 35.9 Å². The molecule has 0 radical (unpaired) electrons. The maximum absolute atomic E-state index is 11.3. The number of carbonyl (C=O) groups excluding carboxylic acids is 1. The minimum Gasteiger partial charge on any atom is -0.276 e. The molecule has 1 aromatic heterocycles. The van der Waals surface area contributed by atoms with E-state index in [-0.39, 0.29) is 0 Å². The van der Waals surface area contributed by atoms with Crippen LogP contribution in [-0.4, -0.2) is 15.2 Å². The Morgan fingerprint density at radius 2 is 1.61 bits per heavy atom. The van der Waals surface area contributed by atoms with Gasteiger partial charge >= 0.3 is 0 Å². The fourth-order valence-corrected chi connectivity index (χ4v) is 2.21. The van der Waals surface area contributed by atoms with Crippen molar-refractivity contribution in [3.05, 3.63) is 47.0 Å². The lowest BCUT2D eigenvalue weighted by Gasteiger charge is -2.04. The van der Waals surface area contributed by atoms with Gasteiger partial charge in [0.25, 0.3) is 5.24 Å². The van der Waals surface area contributed by atoms with Crippen LogP contribution in [0, 0.1) is 0 Å². The van der Waals surface area contributed by atoms with Crippen molar-refractivity contribution in [2.24, 2.45) is 0 Å². The van der Waals surface area contributed by atoms with Gasteiger partial charge in [0, 0.05) is 0 Å². The summed E-state index contributed by atoms with van der Waals surface area (Å²) in [6.07, 6.45) is 0. The average Bonchev–Trinajstić information content (AvgIpc) is 2.36. The number of fused-ring (bicyclic) bond motifs is 2. The summed E-state index contributed by atoms with van der Waals surface area (Å²) >= 11 is 11.6. The van der Waals surface area contributed by atoms with E-state index in [1.165, 1.54) is 0 Å².